The van der Waals surface area contributed by atoms with E-state index in [1.807, 2.05) is 23.7 Å². The van der Waals surface area contributed by atoms with E-state index < -0.39 is 0 Å². The maximum absolute atomic E-state index is 9.01. The molecule has 0 fully saturated rings. The number of thiophene rings is 1. The lowest BCUT2D eigenvalue weighted by atomic mass is 10.2. The number of aliphatic hydroxyl groups excluding tert-OH is 1. The standard InChI is InChI=1S/C12H12N2OS/c1-2-6-14-9-10(5-7-15)12(13-14)11-4-3-8-16-11/h1,3-4,8-9,15H,5-7H2. The predicted molar refractivity (Wildman–Crippen MR) is 65.2 cm³/mol. The summed E-state index contributed by atoms with van der Waals surface area (Å²) in [6.07, 6.45) is 7.77. The molecule has 0 aliphatic rings. The minimum atomic E-state index is 0.125. The van der Waals surface area contributed by atoms with Gasteiger partial charge >= 0.3 is 0 Å². The van der Waals surface area contributed by atoms with Crippen LogP contribution in [-0.4, -0.2) is 21.5 Å². The highest BCUT2D eigenvalue weighted by Crippen LogP contribution is 2.26. The van der Waals surface area contributed by atoms with Crippen molar-refractivity contribution in [3.63, 3.8) is 0 Å². The van der Waals surface area contributed by atoms with E-state index >= 15 is 0 Å². The van der Waals surface area contributed by atoms with Gasteiger partial charge in [-0.1, -0.05) is 12.0 Å². The summed E-state index contributed by atoms with van der Waals surface area (Å²) in [6.45, 7) is 0.587. The van der Waals surface area contributed by atoms with Crippen molar-refractivity contribution in [2.75, 3.05) is 6.61 Å². The molecule has 4 heteroatoms. The highest BCUT2D eigenvalue weighted by atomic mass is 32.1. The Kier molecular flexibility index (Phi) is 3.40. The first-order valence-corrected chi connectivity index (χ1v) is 5.87. The van der Waals surface area contributed by atoms with Gasteiger partial charge in [0, 0.05) is 18.4 Å². The van der Waals surface area contributed by atoms with Crippen molar-refractivity contribution >= 4 is 11.3 Å². The summed E-state index contributed by atoms with van der Waals surface area (Å²) < 4.78 is 1.74. The van der Waals surface area contributed by atoms with Crippen LogP contribution >= 0.6 is 11.3 Å². The van der Waals surface area contributed by atoms with Gasteiger partial charge in [0.05, 0.1) is 4.88 Å². The predicted octanol–water partition coefficient (Wildman–Crippen LogP) is 1.78. The summed E-state index contributed by atoms with van der Waals surface area (Å²) in [4.78, 5) is 1.11. The van der Waals surface area contributed by atoms with Gasteiger partial charge in [-0.3, -0.25) is 4.68 Å². The van der Waals surface area contributed by atoms with Gasteiger partial charge in [-0.25, -0.2) is 0 Å². The van der Waals surface area contributed by atoms with Crippen LogP contribution in [0.4, 0.5) is 0 Å². The maximum Gasteiger partial charge on any atom is 0.106 e. The minimum Gasteiger partial charge on any atom is -0.396 e. The van der Waals surface area contributed by atoms with Crippen molar-refractivity contribution in [3.05, 3.63) is 29.3 Å². The molecule has 0 aliphatic heterocycles. The Morgan fingerprint density at radius 3 is 3.06 bits per heavy atom. The molecular formula is C12H12N2OS. The third-order valence-corrected chi connectivity index (χ3v) is 3.10. The van der Waals surface area contributed by atoms with E-state index in [9.17, 15) is 0 Å². The molecule has 2 aromatic heterocycles. The normalized spacial score (nSPS) is 10.2. The van der Waals surface area contributed by atoms with E-state index in [-0.39, 0.29) is 6.61 Å². The van der Waals surface area contributed by atoms with Crippen molar-refractivity contribution in [1.29, 1.82) is 0 Å². The second kappa shape index (κ2) is 4.97. The number of aliphatic hydroxyl groups is 1. The quantitative estimate of drug-likeness (QED) is 0.816. The molecule has 2 rings (SSSR count). The Bertz CT molecular complexity index is 494. The third-order valence-electron chi connectivity index (χ3n) is 2.23. The number of hydrogen-bond acceptors (Lipinski definition) is 3. The van der Waals surface area contributed by atoms with E-state index in [0.717, 1.165) is 16.1 Å². The SMILES string of the molecule is C#CCn1cc(CCO)c(-c2cccs2)n1. The summed E-state index contributed by atoms with van der Waals surface area (Å²) in [5.41, 5.74) is 1.97. The first-order valence-electron chi connectivity index (χ1n) is 4.99. The van der Waals surface area contributed by atoms with Gasteiger partial charge in [0.1, 0.15) is 12.2 Å². The van der Waals surface area contributed by atoms with Crippen LogP contribution in [0.3, 0.4) is 0 Å². The van der Waals surface area contributed by atoms with Crippen molar-refractivity contribution < 1.29 is 5.11 Å². The van der Waals surface area contributed by atoms with Crippen molar-refractivity contribution in [2.45, 2.75) is 13.0 Å². The summed E-state index contributed by atoms with van der Waals surface area (Å²) >= 11 is 1.64. The van der Waals surface area contributed by atoms with Gasteiger partial charge in [0.15, 0.2) is 0 Å². The largest absolute Gasteiger partial charge is 0.396 e. The van der Waals surface area contributed by atoms with Crippen molar-refractivity contribution in [3.8, 4) is 22.9 Å². The molecule has 0 saturated heterocycles. The van der Waals surface area contributed by atoms with Crippen LogP contribution in [0, 0.1) is 12.3 Å². The lowest BCUT2D eigenvalue weighted by molar-refractivity contribution is 0.299. The van der Waals surface area contributed by atoms with Crippen LogP contribution in [0.5, 0.6) is 0 Å². The average Bonchev–Trinajstić information content (AvgIpc) is 2.87. The van der Waals surface area contributed by atoms with E-state index in [2.05, 4.69) is 11.0 Å². The molecule has 0 spiro atoms. The van der Waals surface area contributed by atoms with Crippen LogP contribution in [0.1, 0.15) is 5.56 Å². The fraction of sp³-hybridized carbons (Fsp3) is 0.250. The Morgan fingerprint density at radius 2 is 2.44 bits per heavy atom. The molecule has 0 aromatic carbocycles. The van der Waals surface area contributed by atoms with Gasteiger partial charge in [0.2, 0.25) is 0 Å². The molecule has 1 N–H and O–H groups in total. The van der Waals surface area contributed by atoms with Crippen molar-refractivity contribution in [1.82, 2.24) is 9.78 Å². The smallest absolute Gasteiger partial charge is 0.106 e. The van der Waals surface area contributed by atoms with Crippen LogP contribution < -0.4 is 0 Å². The molecule has 0 atom stereocenters. The molecule has 0 aliphatic carbocycles. The zero-order valence-corrected chi connectivity index (χ0v) is 9.57. The fourth-order valence-electron chi connectivity index (χ4n) is 1.56. The van der Waals surface area contributed by atoms with Gasteiger partial charge in [0.25, 0.3) is 0 Å². The lowest BCUT2D eigenvalue weighted by Crippen LogP contribution is -1.95. The second-order valence-electron chi connectivity index (χ2n) is 3.36. The monoisotopic (exact) mass is 232 g/mol. The van der Waals surface area contributed by atoms with Gasteiger partial charge in [-0.2, -0.15) is 5.10 Å². The summed E-state index contributed by atoms with van der Waals surface area (Å²) in [6, 6.07) is 4.01. The maximum atomic E-state index is 9.01. The number of rotatable bonds is 4. The highest BCUT2D eigenvalue weighted by molar-refractivity contribution is 7.13. The van der Waals surface area contributed by atoms with Gasteiger partial charge in [-0.15, -0.1) is 17.8 Å². The Labute approximate surface area is 98.4 Å². The van der Waals surface area contributed by atoms with Crippen LogP contribution in [0.25, 0.3) is 10.6 Å². The molecular weight excluding hydrogens is 220 g/mol. The van der Waals surface area contributed by atoms with E-state index in [1.54, 1.807) is 16.0 Å². The molecule has 82 valence electrons. The first-order chi connectivity index (χ1) is 7.85. The highest BCUT2D eigenvalue weighted by Gasteiger charge is 2.11. The number of terminal acetylenes is 1. The van der Waals surface area contributed by atoms with Gasteiger partial charge in [-0.05, 0) is 17.9 Å². The molecule has 2 heterocycles. The van der Waals surface area contributed by atoms with Crippen molar-refractivity contribution in [2.24, 2.45) is 0 Å². The molecule has 2 aromatic rings. The van der Waals surface area contributed by atoms with E-state index in [0.29, 0.717) is 13.0 Å². The Morgan fingerprint density at radius 1 is 1.56 bits per heavy atom. The van der Waals surface area contributed by atoms with E-state index in [1.165, 1.54) is 0 Å². The number of aromatic nitrogens is 2. The van der Waals surface area contributed by atoms with Crippen LogP contribution in [0.2, 0.25) is 0 Å². The molecule has 3 nitrogen and oxygen atoms in total. The number of hydrogen-bond donors (Lipinski definition) is 1. The summed E-state index contributed by atoms with van der Waals surface area (Å²) in [5.74, 6) is 2.55. The molecule has 0 saturated carbocycles. The number of nitrogens with zero attached hydrogens (tertiary/aromatic N) is 2. The Hall–Kier alpha value is -1.57. The zero-order valence-electron chi connectivity index (χ0n) is 8.76. The van der Waals surface area contributed by atoms with E-state index in [4.69, 9.17) is 11.5 Å². The third kappa shape index (κ3) is 2.16. The molecule has 0 unspecified atom stereocenters. The minimum absolute atomic E-state index is 0.125. The topological polar surface area (TPSA) is 38.0 Å². The lowest BCUT2D eigenvalue weighted by Gasteiger charge is -1.95. The molecule has 16 heavy (non-hydrogen) atoms. The molecule has 0 bridgehead atoms. The fourth-order valence-corrected chi connectivity index (χ4v) is 2.31. The first kappa shape index (κ1) is 10.9. The van der Waals surface area contributed by atoms with Gasteiger partial charge < -0.3 is 5.11 Å². The summed E-state index contributed by atoms with van der Waals surface area (Å²) in [5, 5.41) is 15.5. The van der Waals surface area contributed by atoms with Crippen LogP contribution in [0.15, 0.2) is 23.7 Å². The molecule has 0 radical (unpaired) electrons. The zero-order chi connectivity index (χ0) is 11.4. The molecule has 0 amide bonds. The second-order valence-corrected chi connectivity index (χ2v) is 4.30. The Balaban J connectivity index is 2.38. The van der Waals surface area contributed by atoms with Crippen LogP contribution in [-0.2, 0) is 13.0 Å². The summed E-state index contributed by atoms with van der Waals surface area (Å²) in [7, 11) is 0. The average molecular weight is 232 g/mol.